The molecule has 0 bridgehead atoms. The first kappa shape index (κ1) is 12.0. The summed E-state index contributed by atoms with van der Waals surface area (Å²) in [7, 11) is 0. The van der Waals surface area contributed by atoms with E-state index in [1.54, 1.807) is 13.8 Å². The highest BCUT2D eigenvalue weighted by Gasteiger charge is 2.11. The summed E-state index contributed by atoms with van der Waals surface area (Å²) < 4.78 is 6.20. The summed E-state index contributed by atoms with van der Waals surface area (Å²) in [6.45, 7) is 3.69. The average molecular weight is 248 g/mol. The molecule has 94 valence electrons. The van der Waals surface area contributed by atoms with E-state index in [1.165, 1.54) is 23.1 Å². The van der Waals surface area contributed by atoms with E-state index in [4.69, 9.17) is 4.74 Å². The lowest BCUT2D eigenvalue weighted by molar-refractivity contribution is 0.0526. The molecular weight excluding hydrogens is 236 g/mol. The number of H-pyrrole nitrogens is 1. The summed E-state index contributed by atoms with van der Waals surface area (Å²) in [6.07, 6.45) is 2.84. The maximum atomic E-state index is 11.5. The van der Waals surface area contributed by atoms with Gasteiger partial charge in [-0.1, -0.05) is 0 Å². The Balaban J connectivity index is 2.34. The van der Waals surface area contributed by atoms with Gasteiger partial charge >= 0.3 is 5.97 Å². The summed E-state index contributed by atoms with van der Waals surface area (Å²) in [4.78, 5) is 29.4. The number of carbonyl (C=O) groups is 1. The minimum Gasteiger partial charge on any atom is -0.462 e. The Morgan fingerprint density at radius 1 is 1.56 bits per heavy atom. The first-order valence-corrected chi connectivity index (χ1v) is 5.40. The van der Waals surface area contributed by atoms with E-state index in [9.17, 15) is 9.59 Å². The van der Waals surface area contributed by atoms with Gasteiger partial charge in [0.15, 0.2) is 5.82 Å². The highest BCUT2D eigenvalue weighted by Crippen LogP contribution is 2.05. The van der Waals surface area contributed by atoms with Gasteiger partial charge in [-0.3, -0.25) is 4.79 Å². The van der Waals surface area contributed by atoms with Gasteiger partial charge in [0.05, 0.1) is 18.4 Å². The van der Waals surface area contributed by atoms with Crippen LogP contribution in [0.1, 0.15) is 23.1 Å². The van der Waals surface area contributed by atoms with Crippen molar-refractivity contribution in [2.75, 3.05) is 6.61 Å². The molecule has 18 heavy (non-hydrogen) atoms. The Bertz CT molecular complexity index is 629. The molecule has 0 atom stereocenters. The Morgan fingerprint density at radius 2 is 2.33 bits per heavy atom. The number of hydrogen-bond acceptors (Lipinski definition) is 5. The van der Waals surface area contributed by atoms with Crippen LogP contribution in [-0.2, 0) is 4.74 Å². The molecule has 7 heteroatoms. The van der Waals surface area contributed by atoms with Crippen LogP contribution >= 0.6 is 0 Å². The Labute approximate surface area is 102 Å². The number of hydrogen-bond donors (Lipinski definition) is 1. The summed E-state index contributed by atoms with van der Waals surface area (Å²) >= 11 is 0. The second kappa shape index (κ2) is 4.82. The van der Waals surface area contributed by atoms with Crippen molar-refractivity contribution in [2.24, 2.45) is 0 Å². The maximum absolute atomic E-state index is 11.5. The molecule has 2 aromatic heterocycles. The molecule has 7 nitrogen and oxygen atoms in total. The van der Waals surface area contributed by atoms with Crippen molar-refractivity contribution >= 4 is 5.97 Å². The lowest BCUT2D eigenvalue weighted by Crippen LogP contribution is -2.12. The van der Waals surface area contributed by atoms with Crippen LogP contribution in [0.25, 0.3) is 5.82 Å². The fourth-order valence-corrected chi connectivity index (χ4v) is 1.45. The number of esters is 1. The second-order valence-corrected chi connectivity index (χ2v) is 3.58. The van der Waals surface area contributed by atoms with Crippen molar-refractivity contribution in [1.29, 1.82) is 0 Å². The van der Waals surface area contributed by atoms with E-state index in [0.29, 0.717) is 23.8 Å². The lowest BCUT2D eigenvalue weighted by Gasteiger charge is -2.00. The Kier molecular flexibility index (Phi) is 3.22. The fraction of sp³-hybridized carbons (Fsp3) is 0.273. The third-order valence-electron chi connectivity index (χ3n) is 2.18. The molecule has 0 saturated heterocycles. The van der Waals surface area contributed by atoms with Crippen LogP contribution < -0.4 is 5.56 Å². The summed E-state index contributed by atoms with van der Waals surface area (Å²) in [5, 5.41) is 3.97. The third-order valence-corrected chi connectivity index (χ3v) is 2.18. The standard InChI is InChI=1S/C11H12N4O3/c1-3-18-11(17)8-5-12-15(6-8)9-4-10(16)14-7(2)13-9/h4-6H,3H2,1-2H3,(H,13,14,16). The van der Waals surface area contributed by atoms with E-state index in [2.05, 4.69) is 15.1 Å². The van der Waals surface area contributed by atoms with E-state index in [1.807, 2.05) is 0 Å². The van der Waals surface area contributed by atoms with Gasteiger partial charge in [-0.15, -0.1) is 0 Å². The summed E-state index contributed by atoms with van der Waals surface area (Å²) in [5.74, 6) is 0.378. The summed E-state index contributed by atoms with van der Waals surface area (Å²) in [5.41, 5.74) is 0.0438. The predicted octanol–water partition coefficient (Wildman–Crippen LogP) is 0.441. The van der Waals surface area contributed by atoms with Crippen LogP contribution in [-0.4, -0.2) is 32.3 Å². The molecule has 1 N–H and O–H groups in total. The van der Waals surface area contributed by atoms with Crippen molar-refractivity contribution in [1.82, 2.24) is 19.7 Å². The number of rotatable bonds is 3. The molecule has 0 fully saturated rings. The van der Waals surface area contributed by atoms with Crippen molar-refractivity contribution in [2.45, 2.75) is 13.8 Å². The van der Waals surface area contributed by atoms with Gasteiger partial charge in [0, 0.05) is 12.3 Å². The zero-order valence-corrected chi connectivity index (χ0v) is 10.0. The minimum absolute atomic E-state index is 0.273. The number of nitrogens with one attached hydrogen (secondary N) is 1. The molecule has 0 spiro atoms. The van der Waals surface area contributed by atoms with Gasteiger partial charge in [0.25, 0.3) is 5.56 Å². The second-order valence-electron chi connectivity index (χ2n) is 3.58. The molecule has 0 radical (unpaired) electrons. The summed E-state index contributed by atoms with van der Waals surface area (Å²) in [6, 6.07) is 1.30. The van der Waals surface area contributed by atoms with E-state index < -0.39 is 5.97 Å². The van der Waals surface area contributed by atoms with Crippen LogP contribution in [0.3, 0.4) is 0 Å². The van der Waals surface area contributed by atoms with E-state index in [-0.39, 0.29) is 5.56 Å². The number of nitrogens with zero attached hydrogens (tertiary/aromatic N) is 3. The average Bonchev–Trinajstić information content (AvgIpc) is 2.77. The van der Waals surface area contributed by atoms with Gasteiger partial charge < -0.3 is 9.72 Å². The molecule has 0 aliphatic heterocycles. The topological polar surface area (TPSA) is 89.9 Å². The van der Waals surface area contributed by atoms with Crippen LogP contribution in [0.15, 0.2) is 23.3 Å². The van der Waals surface area contributed by atoms with Gasteiger partial charge in [-0.2, -0.15) is 5.10 Å². The SMILES string of the molecule is CCOC(=O)c1cnn(-c2cc(=O)[nH]c(C)n2)c1. The maximum Gasteiger partial charge on any atom is 0.341 e. The Hall–Kier alpha value is -2.44. The van der Waals surface area contributed by atoms with Crippen LogP contribution in [0.5, 0.6) is 0 Å². The molecule has 0 aliphatic carbocycles. The molecule has 0 aromatic carbocycles. The highest BCUT2D eigenvalue weighted by molar-refractivity contribution is 5.88. The first-order valence-electron chi connectivity index (χ1n) is 5.40. The number of aromatic nitrogens is 4. The van der Waals surface area contributed by atoms with Crippen LogP contribution in [0.4, 0.5) is 0 Å². The van der Waals surface area contributed by atoms with Gasteiger partial charge in [-0.05, 0) is 13.8 Å². The van der Waals surface area contributed by atoms with Crippen molar-refractivity contribution in [3.63, 3.8) is 0 Å². The first-order chi connectivity index (χ1) is 8.60. The molecule has 0 unspecified atom stereocenters. The number of ether oxygens (including phenoxy) is 1. The molecular formula is C11H12N4O3. The zero-order valence-electron chi connectivity index (χ0n) is 10.0. The van der Waals surface area contributed by atoms with Crippen LogP contribution in [0, 0.1) is 6.92 Å². The predicted molar refractivity (Wildman–Crippen MR) is 62.7 cm³/mol. The molecule has 2 rings (SSSR count). The van der Waals surface area contributed by atoms with E-state index in [0.717, 1.165) is 0 Å². The highest BCUT2D eigenvalue weighted by atomic mass is 16.5. The largest absolute Gasteiger partial charge is 0.462 e. The number of carbonyl (C=O) groups excluding carboxylic acids is 1. The number of aromatic amines is 1. The van der Waals surface area contributed by atoms with Crippen molar-refractivity contribution in [3.8, 4) is 5.82 Å². The van der Waals surface area contributed by atoms with Crippen LogP contribution in [0.2, 0.25) is 0 Å². The van der Waals surface area contributed by atoms with Gasteiger partial charge in [-0.25, -0.2) is 14.5 Å². The molecule has 2 heterocycles. The molecule has 0 saturated carbocycles. The fourth-order valence-electron chi connectivity index (χ4n) is 1.45. The minimum atomic E-state index is -0.453. The zero-order chi connectivity index (χ0) is 13.1. The lowest BCUT2D eigenvalue weighted by atomic mass is 10.4. The normalized spacial score (nSPS) is 10.3. The molecule has 2 aromatic rings. The van der Waals surface area contributed by atoms with Gasteiger partial charge in [0.1, 0.15) is 5.82 Å². The smallest absolute Gasteiger partial charge is 0.341 e. The van der Waals surface area contributed by atoms with Gasteiger partial charge in [0.2, 0.25) is 0 Å². The monoisotopic (exact) mass is 248 g/mol. The van der Waals surface area contributed by atoms with Crippen molar-refractivity contribution < 1.29 is 9.53 Å². The Morgan fingerprint density at radius 3 is 3.00 bits per heavy atom. The number of aryl methyl sites for hydroxylation is 1. The third kappa shape index (κ3) is 2.45. The molecule has 0 aliphatic rings. The van der Waals surface area contributed by atoms with Crippen molar-refractivity contribution in [3.05, 3.63) is 40.2 Å². The quantitative estimate of drug-likeness (QED) is 0.796. The molecule has 0 amide bonds. The van der Waals surface area contributed by atoms with E-state index >= 15 is 0 Å².